The lowest BCUT2D eigenvalue weighted by molar-refractivity contribution is -0.137. The molecule has 1 amide bonds. The van der Waals surface area contributed by atoms with Crippen LogP contribution < -0.4 is 5.32 Å². The zero-order valence-corrected chi connectivity index (χ0v) is 16.0. The highest BCUT2D eigenvalue weighted by Crippen LogP contribution is 2.36. The predicted molar refractivity (Wildman–Crippen MR) is 105 cm³/mol. The van der Waals surface area contributed by atoms with Crippen molar-refractivity contribution in [3.05, 3.63) is 77.4 Å². The van der Waals surface area contributed by atoms with Gasteiger partial charge in [0.25, 0.3) is 5.91 Å². The van der Waals surface area contributed by atoms with Gasteiger partial charge in [-0.2, -0.15) is 18.3 Å². The molecule has 0 bridgehead atoms. The number of aryl methyl sites for hydroxylation is 2. The number of amides is 1. The smallest absolute Gasteiger partial charge is 0.320 e. The van der Waals surface area contributed by atoms with Gasteiger partial charge in [-0.25, -0.2) is 9.50 Å². The van der Waals surface area contributed by atoms with Crippen LogP contribution in [0.4, 0.5) is 18.9 Å². The zero-order chi connectivity index (χ0) is 21.5. The molecule has 0 unspecified atom stereocenters. The summed E-state index contributed by atoms with van der Waals surface area (Å²) in [7, 11) is 0. The topological polar surface area (TPSA) is 72.2 Å². The number of hydrogen-bond donors (Lipinski definition) is 1. The van der Waals surface area contributed by atoms with E-state index in [0.717, 1.165) is 11.8 Å². The number of pyridine rings is 1. The van der Waals surface area contributed by atoms with Gasteiger partial charge in [-0.15, -0.1) is 0 Å². The van der Waals surface area contributed by atoms with Gasteiger partial charge in [0.2, 0.25) is 0 Å². The lowest BCUT2D eigenvalue weighted by Gasteiger charge is -2.12. The van der Waals surface area contributed by atoms with E-state index in [9.17, 15) is 18.0 Å². The van der Waals surface area contributed by atoms with E-state index in [4.69, 9.17) is 0 Å². The van der Waals surface area contributed by atoms with Crippen molar-refractivity contribution in [2.24, 2.45) is 0 Å². The van der Waals surface area contributed by atoms with E-state index in [2.05, 4.69) is 20.4 Å². The first kappa shape index (κ1) is 19.6. The quantitative estimate of drug-likeness (QED) is 0.531. The molecule has 1 aromatic carbocycles. The molecule has 0 aliphatic rings. The summed E-state index contributed by atoms with van der Waals surface area (Å²) in [6.07, 6.45) is -1.52. The molecule has 9 heteroatoms. The van der Waals surface area contributed by atoms with Gasteiger partial charge in [-0.1, -0.05) is 18.2 Å². The van der Waals surface area contributed by atoms with Crippen molar-refractivity contribution >= 4 is 17.2 Å². The first-order valence-corrected chi connectivity index (χ1v) is 9.00. The SMILES string of the molecule is Cc1ccc(NC(=O)c2c(C)nn3ccc(-c4ccccc4C(F)(F)F)nc23)cn1. The minimum atomic E-state index is -4.53. The number of carbonyl (C=O) groups excluding carboxylic acids is 1. The Labute approximate surface area is 169 Å². The summed E-state index contributed by atoms with van der Waals surface area (Å²) in [5.41, 5.74) is 1.28. The lowest BCUT2D eigenvalue weighted by Crippen LogP contribution is -2.13. The number of aromatic nitrogens is 4. The lowest BCUT2D eigenvalue weighted by atomic mass is 10.0. The number of nitrogens with zero attached hydrogens (tertiary/aromatic N) is 4. The Morgan fingerprint density at radius 3 is 2.53 bits per heavy atom. The molecule has 0 atom stereocenters. The summed E-state index contributed by atoms with van der Waals surface area (Å²) < 4.78 is 41.6. The van der Waals surface area contributed by atoms with Gasteiger partial charge in [-0.05, 0) is 38.1 Å². The molecule has 0 spiro atoms. The number of alkyl halides is 3. The van der Waals surface area contributed by atoms with E-state index < -0.39 is 17.6 Å². The number of halogens is 3. The third kappa shape index (κ3) is 3.61. The van der Waals surface area contributed by atoms with E-state index in [1.807, 2.05) is 6.92 Å². The Morgan fingerprint density at radius 1 is 1.07 bits per heavy atom. The molecule has 152 valence electrons. The van der Waals surface area contributed by atoms with Crippen LogP contribution in [0.5, 0.6) is 0 Å². The number of benzene rings is 1. The van der Waals surface area contributed by atoms with E-state index in [-0.39, 0.29) is 22.5 Å². The predicted octanol–water partition coefficient (Wildman–Crippen LogP) is 4.68. The molecule has 3 aromatic heterocycles. The van der Waals surface area contributed by atoms with Crippen LogP contribution in [0.3, 0.4) is 0 Å². The number of hydrogen-bond acceptors (Lipinski definition) is 4. The fourth-order valence-corrected chi connectivity index (χ4v) is 3.14. The molecule has 1 N–H and O–H groups in total. The monoisotopic (exact) mass is 411 g/mol. The normalized spacial score (nSPS) is 11.6. The fourth-order valence-electron chi connectivity index (χ4n) is 3.14. The van der Waals surface area contributed by atoms with Crippen molar-refractivity contribution in [3.63, 3.8) is 0 Å². The zero-order valence-electron chi connectivity index (χ0n) is 16.0. The molecular weight excluding hydrogens is 395 g/mol. The third-order valence-corrected chi connectivity index (χ3v) is 4.56. The van der Waals surface area contributed by atoms with Crippen molar-refractivity contribution in [1.82, 2.24) is 19.6 Å². The molecule has 0 aliphatic carbocycles. The first-order chi connectivity index (χ1) is 14.2. The molecule has 0 fully saturated rings. The number of carbonyl (C=O) groups is 1. The van der Waals surface area contributed by atoms with E-state index in [0.29, 0.717) is 11.4 Å². The molecular formula is C21H16F3N5O. The first-order valence-electron chi connectivity index (χ1n) is 9.00. The second kappa shape index (κ2) is 7.25. The van der Waals surface area contributed by atoms with Crippen LogP contribution in [-0.2, 0) is 6.18 Å². The Hall–Kier alpha value is -3.75. The van der Waals surface area contributed by atoms with Gasteiger partial charge in [0.15, 0.2) is 5.65 Å². The number of rotatable bonds is 3. The van der Waals surface area contributed by atoms with Gasteiger partial charge in [0.1, 0.15) is 5.56 Å². The Morgan fingerprint density at radius 2 is 1.83 bits per heavy atom. The van der Waals surface area contributed by atoms with Crippen LogP contribution in [0, 0.1) is 13.8 Å². The highest BCUT2D eigenvalue weighted by molar-refractivity contribution is 6.09. The second-order valence-electron chi connectivity index (χ2n) is 6.73. The number of nitrogens with one attached hydrogen (secondary N) is 1. The standard InChI is InChI=1S/C21H16F3N5O/c1-12-7-8-14(11-25-12)26-20(30)18-13(2)28-29-10-9-17(27-19(18)29)15-5-3-4-6-16(15)21(22,23)24/h3-11H,1-2H3,(H,26,30). The van der Waals surface area contributed by atoms with Crippen LogP contribution in [-0.4, -0.2) is 25.5 Å². The van der Waals surface area contributed by atoms with Crippen molar-refractivity contribution in [1.29, 1.82) is 0 Å². The molecule has 0 saturated heterocycles. The molecule has 3 heterocycles. The maximum Gasteiger partial charge on any atom is 0.417 e. The highest BCUT2D eigenvalue weighted by atomic mass is 19.4. The highest BCUT2D eigenvalue weighted by Gasteiger charge is 2.33. The van der Waals surface area contributed by atoms with Gasteiger partial charge in [0.05, 0.1) is 28.8 Å². The van der Waals surface area contributed by atoms with Crippen molar-refractivity contribution in [3.8, 4) is 11.3 Å². The average Bonchev–Trinajstić information content (AvgIpc) is 3.04. The second-order valence-corrected chi connectivity index (χ2v) is 6.73. The van der Waals surface area contributed by atoms with Gasteiger partial charge in [-0.3, -0.25) is 9.78 Å². The molecule has 0 radical (unpaired) electrons. The average molecular weight is 411 g/mol. The Balaban J connectivity index is 1.79. The summed E-state index contributed by atoms with van der Waals surface area (Å²) in [5.74, 6) is -0.470. The van der Waals surface area contributed by atoms with E-state index >= 15 is 0 Å². The van der Waals surface area contributed by atoms with E-state index in [1.54, 1.807) is 19.1 Å². The molecule has 0 aliphatic heterocycles. The van der Waals surface area contributed by atoms with Crippen LogP contribution in [0.1, 0.15) is 27.3 Å². The van der Waals surface area contributed by atoms with Crippen molar-refractivity contribution < 1.29 is 18.0 Å². The number of anilines is 1. The van der Waals surface area contributed by atoms with Crippen LogP contribution in [0.2, 0.25) is 0 Å². The largest absolute Gasteiger partial charge is 0.417 e. The minimum Gasteiger partial charge on any atom is -0.320 e. The van der Waals surface area contributed by atoms with Crippen molar-refractivity contribution in [2.45, 2.75) is 20.0 Å². The molecule has 0 saturated carbocycles. The van der Waals surface area contributed by atoms with Crippen molar-refractivity contribution in [2.75, 3.05) is 5.32 Å². The summed E-state index contributed by atoms with van der Waals surface area (Å²) in [5, 5.41) is 6.98. The molecule has 6 nitrogen and oxygen atoms in total. The van der Waals surface area contributed by atoms with Gasteiger partial charge < -0.3 is 5.32 Å². The molecule has 4 aromatic rings. The summed E-state index contributed by atoms with van der Waals surface area (Å²) in [4.78, 5) is 21.3. The van der Waals surface area contributed by atoms with Crippen LogP contribution in [0.15, 0.2) is 54.9 Å². The summed E-state index contributed by atoms with van der Waals surface area (Å²) in [6.45, 7) is 3.46. The molecule has 30 heavy (non-hydrogen) atoms. The van der Waals surface area contributed by atoms with Crippen LogP contribution >= 0.6 is 0 Å². The number of fused-ring (bicyclic) bond motifs is 1. The fraction of sp³-hybridized carbons (Fsp3) is 0.143. The maximum absolute atomic E-state index is 13.4. The summed E-state index contributed by atoms with van der Waals surface area (Å²) >= 11 is 0. The van der Waals surface area contributed by atoms with E-state index in [1.165, 1.54) is 41.2 Å². The van der Waals surface area contributed by atoms with Crippen LogP contribution in [0.25, 0.3) is 16.9 Å². The third-order valence-electron chi connectivity index (χ3n) is 4.56. The maximum atomic E-state index is 13.4. The molecule has 4 rings (SSSR count). The minimum absolute atomic E-state index is 0.0690. The summed E-state index contributed by atoms with van der Waals surface area (Å²) in [6, 6.07) is 10.1. The van der Waals surface area contributed by atoms with Gasteiger partial charge >= 0.3 is 6.18 Å². The Bertz CT molecular complexity index is 1250. The van der Waals surface area contributed by atoms with Gasteiger partial charge in [0, 0.05) is 17.5 Å². The Kier molecular flexibility index (Phi) is 4.73.